The molecule has 3 aromatic carbocycles. The number of β-amino-alcohol motifs (C(OH)–C–C–N with tert-alkyl or cyclic N) is 1. The Labute approximate surface area is 322 Å². The van der Waals surface area contributed by atoms with Crippen molar-refractivity contribution in [3.63, 3.8) is 0 Å². The number of aromatic nitrogens is 2. The summed E-state index contributed by atoms with van der Waals surface area (Å²) < 4.78 is 13.0. The Morgan fingerprint density at radius 2 is 1.57 bits per heavy atom. The van der Waals surface area contributed by atoms with E-state index in [4.69, 9.17) is 26.1 Å². The van der Waals surface area contributed by atoms with E-state index in [1.165, 1.54) is 19.8 Å². The highest BCUT2D eigenvalue weighted by atomic mass is 35.5. The Morgan fingerprint density at radius 1 is 0.906 bits per heavy atom. The highest BCUT2D eigenvalue weighted by Gasteiger charge is 2.20. The summed E-state index contributed by atoms with van der Waals surface area (Å²) >= 11 is 5.65. The molecule has 1 saturated heterocycles. The standard InChI is InChI=1S/C28H38N4O3.C9H9ClO2.C4H10.C2H6/c1-4-5-6-11-27-29-24-13-12-22(31-16-14-30(15-17-31)18-19-33)20-23(24)28(34)32(27)25-9-7-8-10-26(25)35-21(2)3;1-7(11)6-12-9-4-2-8(10)3-5-9;1-3-4-2;1-2/h7-10,12-13,20-21,33H,4-6,11,14-19H2,1-3H3;2-5H,6H2,1H3;3-4H2,1-2H3;1-2H3. The van der Waals surface area contributed by atoms with Gasteiger partial charge in [-0.15, -0.1) is 0 Å². The van der Waals surface area contributed by atoms with Crippen LogP contribution in [0, 0.1) is 0 Å². The fraction of sp³-hybridized carbons (Fsp3) is 0.512. The molecule has 1 aliphatic rings. The quantitative estimate of drug-likeness (QED) is 0.128. The van der Waals surface area contributed by atoms with E-state index in [2.05, 4.69) is 36.6 Å². The lowest BCUT2D eigenvalue weighted by Gasteiger charge is -2.35. The molecule has 0 radical (unpaired) electrons. The number of carbonyl (C=O) groups is 1. The van der Waals surface area contributed by atoms with Crippen molar-refractivity contribution in [1.82, 2.24) is 14.5 Å². The fourth-order valence-corrected chi connectivity index (χ4v) is 5.57. The lowest BCUT2D eigenvalue weighted by Crippen LogP contribution is -2.47. The number of benzene rings is 3. The first-order chi connectivity index (χ1) is 25.6. The number of ether oxygens (including phenoxy) is 2. The summed E-state index contributed by atoms with van der Waals surface area (Å²) in [7, 11) is 0. The Hall–Kier alpha value is -3.92. The van der Waals surface area contributed by atoms with Crippen LogP contribution >= 0.6 is 11.6 Å². The molecule has 292 valence electrons. The van der Waals surface area contributed by atoms with Crippen LogP contribution in [0.4, 0.5) is 5.69 Å². The third-order valence-corrected chi connectivity index (χ3v) is 8.56. The number of anilines is 1. The van der Waals surface area contributed by atoms with E-state index >= 15 is 0 Å². The van der Waals surface area contributed by atoms with Crippen LogP contribution in [0.25, 0.3) is 16.6 Å². The average molecular weight is 751 g/mol. The molecule has 0 amide bonds. The molecular formula is C43H63ClN4O5. The normalized spacial score (nSPS) is 12.5. The smallest absolute Gasteiger partial charge is 0.266 e. The number of hydrogen-bond acceptors (Lipinski definition) is 8. The van der Waals surface area contributed by atoms with Gasteiger partial charge in [0.25, 0.3) is 5.56 Å². The number of piperazine rings is 1. The summed E-state index contributed by atoms with van der Waals surface area (Å²) in [6.07, 6.45) is 6.57. The second kappa shape index (κ2) is 25.2. The molecule has 0 spiro atoms. The monoisotopic (exact) mass is 750 g/mol. The number of para-hydroxylation sites is 2. The van der Waals surface area contributed by atoms with Crippen LogP contribution in [0.2, 0.25) is 5.02 Å². The second-order valence-corrected chi connectivity index (χ2v) is 13.4. The molecule has 0 saturated carbocycles. The molecule has 0 bridgehead atoms. The van der Waals surface area contributed by atoms with Crippen molar-refractivity contribution in [3.8, 4) is 17.2 Å². The number of aryl methyl sites for hydroxylation is 1. The predicted octanol–water partition coefficient (Wildman–Crippen LogP) is 9.16. The second-order valence-electron chi connectivity index (χ2n) is 13.0. The van der Waals surface area contributed by atoms with Gasteiger partial charge in [-0.25, -0.2) is 4.98 Å². The number of hydrogen-bond donors (Lipinski definition) is 1. The van der Waals surface area contributed by atoms with E-state index in [-0.39, 0.29) is 30.7 Å². The third-order valence-electron chi connectivity index (χ3n) is 8.30. The van der Waals surface area contributed by atoms with E-state index < -0.39 is 0 Å². The minimum atomic E-state index is -0.0536. The molecule has 10 heteroatoms. The Balaban J connectivity index is 0.000000447. The zero-order chi connectivity index (χ0) is 39.2. The number of fused-ring (bicyclic) bond motifs is 1. The van der Waals surface area contributed by atoms with E-state index in [0.717, 1.165) is 74.6 Å². The van der Waals surface area contributed by atoms with Gasteiger partial charge in [-0.3, -0.25) is 19.1 Å². The minimum absolute atomic E-state index is 0.0000814. The number of unbranched alkanes of at least 4 members (excludes halogenated alkanes) is 3. The van der Waals surface area contributed by atoms with E-state index in [1.807, 2.05) is 64.1 Å². The molecule has 1 aliphatic heterocycles. The van der Waals surface area contributed by atoms with Gasteiger partial charge in [0, 0.05) is 49.9 Å². The maximum absolute atomic E-state index is 14.0. The summed E-state index contributed by atoms with van der Waals surface area (Å²) in [6.45, 7) is 20.5. The molecule has 0 atom stereocenters. The molecule has 1 N–H and O–H groups in total. The van der Waals surface area contributed by atoms with Gasteiger partial charge in [0.2, 0.25) is 0 Å². The number of nitrogens with zero attached hydrogens (tertiary/aromatic N) is 4. The fourth-order valence-electron chi connectivity index (χ4n) is 5.45. The predicted molar refractivity (Wildman–Crippen MR) is 222 cm³/mol. The number of Topliss-reactive ketones (excluding diaryl/α,β-unsaturated/α-hetero) is 1. The summed E-state index contributed by atoms with van der Waals surface area (Å²) in [5.41, 5.74) is 2.47. The Kier molecular flexibility index (Phi) is 21.5. The number of ketones is 1. The number of aliphatic hydroxyl groups excluding tert-OH is 1. The largest absolute Gasteiger partial charge is 0.489 e. The van der Waals surface area contributed by atoms with Gasteiger partial charge < -0.3 is 19.5 Å². The van der Waals surface area contributed by atoms with Crippen LogP contribution < -0.4 is 19.9 Å². The summed E-state index contributed by atoms with van der Waals surface area (Å²) in [4.78, 5) is 34.1. The van der Waals surface area contributed by atoms with Crippen LogP contribution in [0.5, 0.6) is 11.5 Å². The first kappa shape index (κ1) is 45.2. The number of aliphatic hydroxyl groups is 1. The minimum Gasteiger partial charge on any atom is -0.489 e. The van der Waals surface area contributed by atoms with Crippen LogP contribution in [-0.2, 0) is 11.2 Å². The van der Waals surface area contributed by atoms with Crippen LogP contribution in [0.15, 0.2) is 71.5 Å². The zero-order valence-corrected chi connectivity index (χ0v) is 34.1. The molecule has 0 aliphatic carbocycles. The van der Waals surface area contributed by atoms with E-state index in [0.29, 0.717) is 28.5 Å². The van der Waals surface area contributed by atoms with Crippen molar-refractivity contribution in [3.05, 3.63) is 87.9 Å². The molecule has 0 unspecified atom stereocenters. The maximum atomic E-state index is 14.0. The Bertz CT molecular complexity index is 1680. The molecular weight excluding hydrogens is 688 g/mol. The van der Waals surface area contributed by atoms with Crippen molar-refractivity contribution in [2.75, 3.05) is 50.8 Å². The third kappa shape index (κ3) is 15.2. The summed E-state index contributed by atoms with van der Waals surface area (Å²) in [6, 6.07) is 20.7. The molecule has 53 heavy (non-hydrogen) atoms. The first-order valence-electron chi connectivity index (χ1n) is 19.4. The van der Waals surface area contributed by atoms with Gasteiger partial charge in [0.15, 0.2) is 5.78 Å². The molecule has 1 fully saturated rings. The van der Waals surface area contributed by atoms with Crippen molar-refractivity contribution < 1.29 is 19.4 Å². The van der Waals surface area contributed by atoms with Gasteiger partial charge in [-0.05, 0) is 81.8 Å². The van der Waals surface area contributed by atoms with E-state index in [9.17, 15) is 14.7 Å². The SMILES string of the molecule is CC.CC(=O)COc1ccc(Cl)cc1.CCCC.CCCCCc1nc2ccc(N3CCN(CCO)CC3)cc2c(=O)n1-c1ccccc1OC(C)C. The lowest BCUT2D eigenvalue weighted by atomic mass is 10.1. The van der Waals surface area contributed by atoms with Gasteiger partial charge in [0.05, 0.1) is 29.3 Å². The van der Waals surface area contributed by atoms with Crippen LogP contribution in [0.1, 0.15) is 93.3 Å². The summed E-state index contributed by atoms with van der Waals surface area (Å²) in [5, 5.41) is 10.5. The van der Waals surface area contributed by atoms with Crippen molar-refractivity contribution in [2.24, 2.45) is 0 Å². The number of rotatable bonds is 14. The van der Waals surface area contributed by atoms with Crippen molar-refractivity contribution >= 4 is 34.0 Å². The topological polar surface area (TPSA) is 97.1 Å². The van der Waals surface area contributed by atoms with Crippen molar-refractivity contribution in [1.29, 1.82) is 0 Å². The molecule has 2 heterocycles. The Morgan fingerprint density at radius 3 is 2.15 bits per heavy atom. The van der Waals surface area contributed by atoms with Gasteiger partial charge in [-0.1, -0.05) is 84.0 Å². The van der Waals surface area contributed by atoms with Gasteiger partial charge in [-0.2, -0.15) is 0 Å². The maximum Gasteiger partial charge on any atom is 0.266 e. The van der Waals surface area contributed by atoms with E-state index in [1.54, 1.807) is 28.8 Å². The van der Waals surface area contributed by atoms with Crippen LogP contribution in [0.3, 0.4) is 0 Å². The first-order valence-corrected chi connectivity index (χ1v) is 19.8. The van der Waals surface area contributed by atoms with Gasteiger partial charge >= 0.3 is 0 Å². The zero-order valence-electron chi connectivity index (χ0n) is 33.4. The lowest BCUT2D eigenvalue weighted by molar-refractivity contribution is -0.118. The van der Waals surface area contributed by atoms with Gasteiger partial charge in [0.1, 0.15) is 23.9 Å². The summed E-state index contributed by atoms with van der Waals surface area (Å²) in [5.74, 6) is 2.14. The highest BCUT2D eigenvalue weighted by Crippen LogP contribution is 2.27. The number of carbonyl (C=O) groups excluding carboxylic acids is 1. The molecule has 5 rings (SSSR count). The molecule has 1 aromatic heterocycles. The highest BCUT2D eigenvalue weighted by molar-refractivity contribution is 6.30. The van der Waals surface area contributed by atoms with Crippen molar-refractivity contribution in [2.45, 2.75) is 100 Å². The van der Waals surface area contributed by atoms with Crippen LogP contribution in [-0.4, -0.2) is 77.4 Å². The molecule has 9 nitrogen and oxygen atoms in total. The molecule has 4 aromatic rings. The average Bonchev–Trinajstić information content (AvgIpc) is 3.16. The number of halogens is 1.